The van der Waals surface area contributed by atoms with Crippen LogP contribution in [0.15, 0.2) is 46.9 Å². The second-order valence-corrected chi connectivity index (χ2v) is 6.14. The highest BCUT2D eigenvalue weighted by molar-refractivity contribution is 9.10. The summed E-state index contributed by atoms with van der Waals surface area (Å²) in [5.41, 5.74) is 8.53. The summed E-state index contributed by atoms with van der Waals surface area (Å²) in [7, 11) is 0. The van der Waals surface area contributed by atoms with Gasteiger partial charge in [0.15, 0.2) is 0 Å². The molecule has 0 aliphatic carbocycles. The molecule has 0 radical (unpaired) electrons. The first-order valence-electron chi connectivity index (χ1n) is 7.43. The fourth-order valence-corrected chi connectivity index (χ4v) is 2.56. The van der Waals surface area contributed by atoms with E-state index in [-0.39, 0.29) is 6.04 Å². The van der Waals surface area contributed by atoms with Crippen molar-refractivity contribution in [2.45, 2.75) is 39.2 Å². The summed E-state index contributed by atoms with van der Waals surface area (Å²) in [4.78, 5) is 0. The smallest absolute Gasteiger partial charge is 0.130 e. The van der Waals surface area contributed by atoms with Crippen LogP contribution in [0, 0.1) is 0 Å². The quantitative estimate of drug-likeness (QED) is 0.790. The first kappa shape index (κ1) is 16.1. The molecule has 2 nitrogen and oxygen atoms in total. The van der Waals surface area contributed by atoms with Crippen LogP contribution >= 0.6 is 15.9 Å². The lowest BCUT2D eigenvalue weighted by Gasteiger charge is -2.15. The van der Waals surface area contributed by atoms with Crippen molar-refractivity contribution in [3.8, 4) is 11.5 Å². The predicted molar refractivity (Wildman–Crippen MR) is 92.0 cm³/mol. The Hall–Kier alpha value is -1.32. The molecule has 0 fully saturated rings. The van der Waals surface area contributed by atoms with Crippen LogP contribution in [0.25, 0.3) is 0 Å². The normalized spacial score (nSPS) is 12.2. The Balaban J connectivity index is 2.21. The van der Waals surface area contributed by atoms with Gasteiger partial charge >= 0.3 is 0 Å². The number of nitrogens with two attached hydrogens (primary N) is 1. The number of aryl methyl sites for hydroxylation is 1. The summed E-state index contributed by atoms with van der Waals surface area (Å²) >= 11 is 3.52. The van der Waals surface area contributed by atoms with E-state index in [1.807, 2.05) is 24.3 Å². The molecule has 0 aliphatic heterocycles. The molecule has 2 rings (SSSR count). The Morgan fingerprint density at radius 1 is 1.10 bits per heavy atom. The maximum atomic E-state index is 6.08. The van der Waals surface area contributed by atoms with Crippen LogP contribution in [0.2, 0.25) is 0 Å². The molecule has 1 unspecified atom stereocenters. The van der Waals surface area contributed by atoms with E-state index in [2.05, 4.69) is 48.0 Å². The van der Waals surface area contributed by atoms with Crippen molar-refractivity contribution in [1.29, 1.82) is 0 Å². The number of benzene rings is 2. The van der Waals surface area contributed by atoms with Gasteiger partial charge in [0.25, 0.3) is 0 Å². The van der Waals surface area contributed by atoms with Gasteiger partial charge in [-0.2, -0.15) is 0 Å². The lowest BCUT2D eigenvalue weighted by atomic mass is 10.0. The van der Waals surface area contributed by atoms with Crippen LogP contribution in [-0.4, -0.2) is 6.04 Å². The molecule has 0 saturated carbocycles. The molecule has 2 N–H and O–H groups in total. The van der Waals surface area contributed by atoms with E-state index in [0.717, 1.165) is 40.8 Å². The van der Waals surface area contributed by atoms with Gasteiger partial charge in [-0.3, -0.25) is 0 Å². The predicted octanol–water partition coefficient (Wildman–Crippen LogP) is 5.08. The van der Waals surface area contributed by atoms with Gasteiger partial charge in [0.1, 0.15) is 11.5 Å². The van der Waals surface area contributed by atoms with Gasteiger partial charge in [0.2, 0.25) is 0 Å². The number of ether oxygens (including phenoxy) is 1. The van der Waals surface area contributed by atoms with Gasteiger partial charge in [0, 0.05) is 10.5 Å². The van der Waals surface area contributed by atoms with Crippen LogP contribution in [-0.2, 0) is 12.8 Å². The third-order valence-corrected chi connectivity index (χ3v) is 4.08. The summed E-state index contributed by atoms with van der Waals surface area (Å²) in [5, 5.41) is 0. The minimum Gasteiger partial charge on any atom is -0.457 e. The Morgan fingerprint density at radius 3 is 2.43 bits per heavy atom. The third-order valence-electron chi connectivity index (χ3n) is 3.59. The maximum Gasteiger partial charge on any atom is 0.130 e. The molecule has 0 heterocycles. The van der Waals surface area contributed by atoms with Crippen molar-refractivity contribution in [1.82, 2.24) is 0 Å². The zero-order valence-electron chi connectivity index (χ0n) is 12.6. The second-order valence-electron chi connectivity index (χ2n) is 5.22. The van der Waals surface area contributed by atoms with Crippen molar-refractivity contribution in [3.05, 3.63) is 58.1 Å². The topological polar surface area (TPSA) is 35.2 Å². The molecule has 0 amide bonds. The van der Waals surface area contributed by atoms with E-state index in [1.165, 1.54) is 5.56 Å². The standard InChI is InChI=1S/C18H22BrNO/c1-3-13-5-8-17(9-6-13)21-18-10-7-15(19)11-14(18)12-16(20)4-2/h5-11,16H,3-4,12,20H2,1-2H3. The highest BCUT2D eigenvalue weighted by Crippen LogP contribution is 2.29. The summed E-state index contributed by atoms with van der Waals surface area (Å²) in [5.74, 6) is 1.74. The summed E-state index contributed by atoms with van der Waals surface area (Å²) in [6, 6.07) is 14.5. The van der Waals surface area contributed by atoms with E-state index in [4.69, 9.17) is 10.5 Å². The monoisotopic (exact) mass is 347 g/mol. The number of hydrogen-bond donors (Lipinski definition) is 1. The summed E-state index contributed by atoms with van der Waals surface area (Å²) in [6.07, 6.45) is 2.81. The fourth-order valence-electron chi connectivity index (χ4n) is 2.15. The van der Waals surface area contributed by atoms with Gasteiger partial charge in [-0.25, -0.2) is 0 Å². The Bertz CT molecular complexity index is 580. The Morgan fingerprint density at radius 2 is 1.81 bits per heavy atom. The van der Waals surface area contributed by atoms with Crippen LogP contribution < -0.4 is 10.5 Å². The fraction of sp³-hybridized carbons (Fsp3) is 0.333. The molecular weight excluding hydrogens is 326 g/mol. The zero-order valence-corrected chi connectivity index (χ0v) is 14.2. The molecule has 2 aromatic carbocycles. The van der Waals surface area contributed by atoms with Crippen molar-refractivity contribution in [2.24, 2.45) is 5.73 Å². The second kappa shape index (κ2) is 7.62. The average Bonchev–Trinajstić information content (AvgIpc) is 2.50. The molecule has 3 heteroatoms. The molecule has 0 saturated heterocycles. The third kappa shape index (κ3) is 4.58. The number of halogens is 1. The molecule has 0 aliphatic rings. The summed E-state index contributed by atoms with van der Waals surface area (Å²) in [6.45, 7) is 4.25. The molecule has 21 heavy (non-hydrogen) atoms. The summed E-state index contributed by atoms with van der Waals surface area (Å²) < 4.78 is 7.08. The van der Waals surface area contributed by atoms with Crippen LogP contribution in [0.3, 0.4) is 0 Å². The van der Waals surface area contributed by atoms with Gasteiger partial charge in [-0.15, -0.1) is 0 Å². The van der Waals surface area contributed by atoms with Crippen molar-refractivity contribution in [2.75, 3.05) is 0 Å². The van der Waals surface area contributed by atoms with E-state index in [1.54, 1.807) is 0 Å². The molecule has 0 aromatic heterocycles. The highest BCUT2D eigenvalue weighted by atomic mass is 79.9. The van der Waals surface area contributed by atoms with Crippen LogP contribution in [0.4, 0.5) is 0 Å². The van der Waals surface area contributed by atoms with Crippen molar-refractivity contribution < 1.29 is 4.74 Å². The molecule has 112 valence electrons. The minimum absolute atomic E-state index is 0.157. The van der Waals surface area contributed by atoms with Gasteiger partial charge < -0.3 is 10.5 Å². The molecule has 0 bridgehead atoms. The molecule has 0 spiro atoms. The molecule has 2 aromatic rings. The van der Waals surface area contributed by atoms with Crippen LogP contribution in [0.5, 0.6) is 11.5 Å². The van der Waals surface area contributed by atoms with E-state index in [0.29, 0.717) is 0 Å². The van der Waals surface area contributed by atoms with Gasteiger partial charge in [-0.1, -0.05) is 41.9 Å². The first-order chi connectivity index (χ1) is 10.1. The van der Waals surface area contributed by atoms with E-state index in [9.17, 15) is 0 Å². The lowest BCUT2D eigenvalue weighted by Crippen LogP contribution is -2.21. The maximum absolute atomic E-state index is 6.08. The van der Waals surface area contributed by atoms with Crippen molar-refractivity contribution >= 4 is 15.9 Å². The Labute approximate surface area is 135 Å². The van der Waals surface area contributed by atoms with Crippen LogP contribution in [0.1, 0.15) is 31.4 Å². The van der Waals surface area contributed by atoms with E-state index < -0.39 is 0 Å². The SMILES string of the molecule is CCc1ccc(Oc2ccc(Br)cc2CC(N)CC)cc1. The van der Waals surface area contributed by atoms with E-state index >= 15 is 0 Å². The van der Waals surface area contributed by atoms with Gasteiger partial charge in [-0.05, 0) is 60.7 Å². The minimum atomic E-state index is 0.157. The lowest BCUT2D eigenvalue weighted by molar-refractivity contribution is 0.472. The average molecular weight is 348 g/mol. The number of hydrogen-bond acceptors (Lipinski definition) is 2. The zero-order chi connectivity index (χ0) is 15.2. The molecule has 1 atom stereocenters. The highest BCUT2D eigenvalue weighted by Gasteiger charge is 2.09. The Kier molecular flexibility index (Phi) is 5.83. The molecular formula is C18H22BrNO. The van der Waals surface area contributed by atoms with Gasteiger partial charge in [0.05, 0.1) is 0 Å². The largest absolute Gasteiger partial charge is 0.457 e. The number of rotatable bonds is 6. The first-order valence-corrected chi connectivity index (χ1v) is 8.22. The van der Waals surface area contributed by atoms with Crippen molar-refractivity contribution in [3.63, 3.8) is 0 Å².